The lowest BCUT2D eigenvalue weighted by Gasteiger charge is -2.42. The molecular formula is C19H27N7O. The molecule has 0 atom stereocenters. The number of piperidine rings is 1. The maximum absolute atomic E-state index is 12.5. The highest BCUT2D eigenvalue weighted by molar-refractivity contribution is 5.55. The Labute approximate surface area is 159 Å². The van der Waals surface area contributed by atoms with Crippen molar-refractivity contribution in [3.63, 3.8) is 0 Å². The third-order valence-electron chi connectivity index (χ3n) is 5.76. The fourth-order valence-corrected chi connectivity index (χ4v) is 4.00. The van der Waals surface area contributed by atoms with E-state index in [1.165, 1.54) is 6.33 Å². The molecule has 8 heteroatoms. The number of anilines is 1. The first-order chi connectivity index (χ1) is 13.1. The van der Waals surface area contributed by atoms with Crippen LogP contribution in [0.25, 0.3) is 11.4 Å². The first-order valence-corrected chi connectivity index (χ1v) is 9.64. The van der Waals surface area contributed by atoms with Crippen molar-refractivity contribution in [2.24, 2.45) is 7.05 Å². The van der Waals surface area contributed by atoms with Crippen LogP contribution in [0.4, 0.5) is 5.95 Å². The van der Waals surface area contributed by atoms with Gasteiger partial charge in [0, 0.05) is 64.6 Å². The van der Waals surface area contributed by atoms with E-state index < -0.39 is 0 Å². The number of aromatic nitrogens is 4. The van der Waals surface area contributed by atoms with Crippen molar-refractivity contribution in [2.75, 3.05) is 51.2 Å². The van der Waals surface area contributed by atoms with Crippen LogP contribution in [0.1, 0.15) is 12.8 Å². The lowest BCUT2D eigenvalue weighted by molar-refractivity contribution is 0.0979. The van der Waals surface area contributed by atoms with Gasteiger partial charge in [-0.1, -0.05) is 0 Å². The summed E-state index contributed by atoms with van der Waals surface area (Å²) in [5, 5.41) is 0. The Morgan fingerprint density at radius 3 is 2.41 bits per heavy atom. The quantitative estimate of drug-likeness (QED) is 0.778. The van der Waals surface area contributed by atoms with Gasteiger partial charge in [-0.3, -0.25) is 14.3 Å². The van der Waals surface area contributed by atoms with Crippen LogP contribution in [0.15, 0.2) is 29.5 Å². The molecule has 2 aromatic rings. The minimum absolute atomic E-state index is 0.0604. The van der Waals surface area contributed by atoms with Crippen molar-refractivity contribution in [3.8, 4) is 11.4 Å². The van der Waals surface area contributed by atoms with E-state index in [9.17, 15) is 4.79 Å². The normalized spacial score (nSPS) is 20.1. The molecule has 0 spiro atoms. The Hall–Kier alpha value is -2.32. The number of nitrogens with zero attached hydrogens (tertiary/aromatic N) is 7. The average Bonchev–Trinajstić information content (AvgIpc) is 2.71. The molecule has 27 heavy (non-hydrogen) atoms. The highest BCUT2D eigenvalue weighted by atomic mass is 16.1. The van der Waals surface area contributed by atoms with Gasteiger partial charge in [0.1, 0.15) is 6.33 Å². The lowest BCUT2D eigenvalue weighted by Crippen LogP contribution is -2.52. The number of rotatable bonds is 3. The molecule has 0 N–H and O–H groups in total. The minimum atomic E-state index is -0.0604. The lowest BCUT2D eigenvalue weighted by atomic mass is 10.0. The molecule has 4 rings (SSSR count). The highest BCUT2D eigenvalue weighted by Crippen LogP contribution is 2.23. The van der Waals surface area contributed by atoms with Crippen LogP contribution in [0, 0.1) is 0 Å². The van der Waals surface area contributed by atoms with Gasteiger partial charge in [0.25, 0.3) is 5.56 Å². The maximum atomic E-state index is 12.5. The summed E-state index contributed by atoms with van der Waals surface area (Å²) in [4.78, 5) is 32.6. The van der Waals surface area contributed by atoms with Crippen molar-refractivity contribution < 1.29 is 0 Å². The van der Waals surface area contributed by atoms with Crippen molar-refractivity contribution in [3.05, 3.63) is 35.0 Å². The molecule has 0 saturated carbocycles. The molecule has 0 aliphatic carbocycles. The summed E-state index contributed by atoms with van der Waals surface area (Å²) in [7, 11) is 3.98. The third kappa shape index (κ3) is 3.86. The van der Waals surface area contributed by atoms with Gasteiger partial charge in [-0.15, -0.1) is 0 Å². The Kier molecular flexibility index (Phi) is 5.18. The zero-order valence-electron chi connectivity index (χ0n) is 16.1. The van der Waals surface area contributed by atoms with E-state index in [2.05, 4.69) is 31.7 Å². The Bertz CT molecular complexity index is 822. The number of likely N-dealkylation sites (N-methyl/N-ethyl adjacent to an activating group) is 1. The van der Waals surface area contributed by atoms with Crippen molar-refractivity contribution in [2.45, 2.75) is 18.9 Å². The average molecular weight is 369 g/mol. The smallest absolute Gasteiger partial charge is 0.255 e. The molecule has 0 unspecified atom stereocenters. The molecule has 8 nitrogen and oxygen atoms in total. The molecule has 2 saturated heterocycles. The van der Waals surface area contributed by atoms with E-state index in [1.807, 2.05) is 0 Å². The van der Waals surface area contributed by atoms with E-state index in [1.54, 1.807) is 29.9 Å². The molecule has 0 bridgehead atoms. The van der Waals surface area contributed by atoms with Crippen LogP contribution in [-0.2, 0) is 7.05 Å². The van der Waals surface area contributed by atoms with Crippen molar-refractivity contribution >= 4 is 5.95 Å². The number of piperazine rings is 1. The van der Waals surface area contributed by atoms with E-state index in [-0.39, 0.29) is 5.56 Å². The zero-order valence-corrected chi connectivity index (χ0v) is 16.1. The van der Waals surface area contributed by atoms with Gasteiger partial charge >= 0.3 is 0 Å². The SMILES string of the molecule is CN1CCN(C2CCN(c3nc(-c4ccncn4)cc(=O)n3C)CC2)CC1. The van der Waals surface area contributed by atoms with Gasteiger partial charge in [0.05, 0.1) is 11.4 Å². The summed E-state index contributed by atoms with van der Waals surface area (Å²) in [6.45, 7) is 6.45. The van der Waals surface area contributed by atoms with Crippen molar-refractivity contribution in [1.29, 1.82) is 0 Å². The molecule has 0 aromatic carbocycles. The van der Waals surface area contributed by atoms with Crippen LogP contribution < -0.4 is 10.5 Å². The van der Waals surface area contributed by atoms with Gasteiger partial charge in [-0.25, -0.2) is 15.0 Å². The standard InChI is InChI=1S/C19H27N7O/c1-23-9-11-25(12-10-23)15-4-7-26(8-5-15)19-22-17(13-18(27)24(19)2)16-3-6-20-14-21-16/h3,6,13-15H,4-5,7-12H2,1-2H3. The first kappa shape index (κ1) is 18.1. The largest absolute Gasteiger partial charge is 0.342 e. The van der Waals surface area contributed by atoms with Gasteiger partial charge in [-0.2, -0.15) is 0 Å². The monoisotopic (exact) mass is 369 g/mol. The fraction of sp³-hybridized carbons (Fsp3) is 0.579. The summed E-state index contributed by atoms with van der Waals surface area (Å²) in [6, 6.07) is 3.96. The molecule has 2 aliphatic rings. The molecular weight excluding hydrogens is 342 g/mol. The third-order valence-corrected chi connectivity index (χ3v) is 5.76. The summed E-state index contributed by atoms with van der Waals surface area (Å²) in [5.41, 5.74) is 1.22. The highest BCUT2D eigenvalue weighted by Gasteiger charge is 2.28. The van der Waals surface area contributed by atoms with E-state index in [0.29, 0.717) is 17.4 Å². The van der Waals surface area contributed by atoms with E-state index in [0.717, 1.165) is 58.1 Å². The predicted octanol–water partition coefficient (Wildman–Crippen LogP) is 0.454. The summed E-state index contributed by atoms with van der Waals surface area (Å²) in [5.74, 6) is 0.730. The Morgan fingerprint density at radius 2 is 1.74 bits per heavy atom. The van der Waals surface area contributed by atoms with Crippen molar-refractivity contribution in [1.82, 2.24) is 29.3 Å². The minimum Gasteiger partial charge on any atom is -0.342 e. The van der Waals surface area contributed by atoms with Gasteiger partial charge in [0.15, 0.2) is 0 Å². The molecule has 0 radical (unpaired) electrons. The van der Waals surface area contributed by atoms with Gasteiger partial charge in [0.2, 0.25) is 5.95 Å². The molecule has 0 amide bonds. The first-order valence-electron chi connectivity index (χ1n) is 9.64. The second-order valence-electron chi connectivity index (χ2n) is 7.49. The summed E-state index contributed by atoms with van der Waals surface area (Å²) >= 11 is 0. The van der Waals surface area contributed by atoms with Crippen LogP contribution in [0.2, 0.25) is 0 Å². The molecule has 2 fully saturated rings. The fourth-order valence-electron chi connectivity index (χ4n) is 4.00. The van der Waals surface area contributed by atoms with Crippen LogP contribution in [0.3, 0.4) is 0 Å². The van der Waals surface area contributed by atoms with Crippen LogP contribution in [-0.4, -0.2) is 81.7 Å². The zero-order chi connectivity index (χ0) is 18.8. The second-order valence-corrected chi connectivity index (χ2v) is 7.49. The van der Waals surface area contributed by atoms with Crippen LogP contribution in [0.5, 0.6) is 0 Å². The summed E-state index contributed by atoms with van der Waals surface area (Å²) in [6.07, 6.45) is 5.37. The van der Waals surface area contributed by atoms with E-state index >= 15 is 0 Å². The van der Waals surface area contributed by atoms with Gasteiger partial charge < -0.3 is 9.80 Å². The van der Waals surface area contributed by atoms with E-state index in [4.69, 9.17) is 4.98 Å². The van der Waals surface area contributed by atoms with Gasteiger partial charge in [-0.05, 0) is 26.0 Å². The predicted molar refractivity (Wildman–Crippen MR) is 105 cm³/mol. The second kappa shape index (κ2) is 7.74. The topological polar surface area (TPSA) is 70.4 Å². The Balaban J connectivity index is 1.49. The molecule has 2 aliphatic heterocycles. The number of hydrogen-bond donors (Lipinski definition) is 0. The summed E-state index contributed by atoms with van der Waals surface area (Å²) < 4.78 is 1.64. The molecule has 4 heterocycles. The Morgan fingerprint density at radius 1 is 1.00 bits per heavy atom. The maximum Gasteiger partial charge on any atom is 0.255 e. The number of hydrogen-bond acceptors (Lipinski definition) is 7. The molecule has 2 aromatic heterocycles. The van der Waals surface area contributed by atoms with Crippen LogP contribution >= 0.6 is 0 Å². The molecule has 144 valence electrons.